The molecule has 0 amide bonds. The molecule has 0 saturated carbocycles. The summed E-state index contributed by atoms with van der Waals surface area (Å²) in [6.45, 7) is 3.85. The van der Waals surface area contributed by atoms with Crippen LogP contribution in [0.4, 0.5) is 0 Å². The second-order valence-corrected chi connectivity index (χ2v) is 19.1. The minimum Gasteiger partial charge on any atom is -0.457 e. The Balaban J connectivity index is 2.38. The van der Waals surface area contributed by atoms with E-state index in [4.69, 9.17) is 18.9 Å². The molecule has 4 N–H and O–H groups in total. The van der Waals surface area contributed by atoms with Gasteiger partial charge in [-0.3, -0.25) is 9.35 Å². The molecule has 1 saturated heterocycles. The molecule has 13 heteroatoms. The van der Waals surface area contributed by atoms with E-state index in [-0.39, 0.29) is 19.6 Å². The number of unbranched alkanes of at least 4 members (excludes halogenated alkanes) is 21. The number of allylic oxidation sites excluding steroid dienone is 12. The van der Waals surface area contributed by atoms with E-state index in [9.17, 15) is 33.1 Å². The van der Waals surface area contributed by atoms with E-state index >= 15 is 0 Å². The SMILES string of the molecule is CC/C=C\C/C=C\C/C=C\C/C=C\C/C=C\C/C=C\CCCCC(=O)OC(COCCCCCCCCCCCCCCCCCCCCCC)COC1OC(CO)C(O)C(OS(=O)(=O)O)C1O. The Morgan fingerprint density at radius 2 is 1.01 bits per heavy atom. The standard InChI is InChI=1S/C55H96O12S/c1-3-5-7-9-11-13-15-17-19-21-23-25-26-28-30-32-34-36-38-40-42-44-51(57)65-49(48-64-55-53(59)54(67-68(60,61)62)52(58)50(46-56)66-55)47-63-45-43-41-39-37-35-33-31-29-27-24-22-20-18-16-14-12-10-8-6-4-2/h5,7,11,13,17,19,23,25,28,30,34,36,49-50,52-56,58-59H,3-4,6,8-10,12,14-16,18,20-22,24,26-27,29,31-33,35,37-48H2,1-2H3,(H,60,61,62)/b7-5-,13-11-,19-17-,25-23-,30-28-,36-34-. The maximum Gasteiger partial charge on any atom is 0.397 e. The fraction of sp³-hybridized carbons (Fsp3) is 0.764. The molecular formula is C55H96O12S. The van der Waals surface area contributed by atoms with Crippen molar-refractivity contribution in [3.05, 3.63) is 72.9 Å². The summed E-state index contributed by atoms with van der Waals surface area (Å²) in [6.07, 6.45) is 50.8. The van der Waals surface area contributed by atoms with Gasteiger partial charge in [0.2, 0.25) is 0 Å². The molecule has 0 radical (unpaired) electrons. The van der Waals surface area contributed by atoms with E-state index in [1.807, 2.05) is 0 Å². The first-order valence-electron chi connectivity index (χ1n) is 26.7. The van der Waals surface area contributed by atoms with Gasteiger partial charge >= 0.3 is 16.4 Å². The van der Waals surface area contributed by atoms with Crippen molar-refractivity contribution in [1.82, 2.24) is 0 Å². The van der Waals surface area contributed by atoms with Crippen LogP contribution in [-0.2, 0) is 38.3 Å². The Labute approximate surface area is 413 Å². The second-order valence-electron chi connectivity index (χ2n) is 18.1. The van der Waals surface area contributed by atoms with Crippen molar-refractivity contribution < 1.29 is 56.2 Å². The average molecular weight is 981 g/mol. The van der Waals surface area contributed by atoms with E-state index in [2.05, 4.69) is 90.9 Å². The van der Waals surface area contributed by atoms with Crippen LogP contribution in [0, 0.1) is 0 Å². The molecule has 1 aliphatic heterocycles. The van der Waals surface area contributed by atoms with Crippen LogP contribution in [0.25, 0.3) is 0 Å². The average Bonchev–Trinajstić information content (AvgIpc) is 3.31. The first-order valence-corrected chi connectivity index (χ1v) is 28.1. The Morgan fingerprint density at radius 3 is 1.46 bits per heavy atom. The summed E-state index contributed by atoms with van der Waals surface area (Å²) in [6, 6.07) is 0. The van der Waals surface area contributed by atoms with Gasteiger partial charge in [0.1, 0.15) is 30.5 Å². The summed E-state index contributed by atoms with van der Waals surface area (Å²) in [5, 5.41) is 30.8. The summed E-state index contributed by atoms with van der Waals surface area (Å²) in [4.78, 5) is 12.9. The Hall–Kier alpha value is -2.46. The third kappa shape index (κ3) is 38.3. The zero-order valence-corrected chi connectivity index (χ0v) is 43.2. The van der Waals surface area contributed by atoms with Crippen LogP contribution in [0.5, 0.6) is 0 Å². The largest absolute Gasteiger partial charge is 0.457 e. The predicted octanol–water partition coefficient (Wildman–Crippen LogP) is 12.6. The fourth-order valence-corrected chi connectivity index (χ4v) is 8.36. The lowest BCUT2D eigenvalue weighted by Crippen LogP contribution is -2.60. The Bertz CT molecular complexity index is 1460. The van der Waals surface area contributed by atoms with Crippen LogP contribution in [-0.4, -0.2) is 97.5 Å². The monoisotopic (exact) mass is 981 g/mol. The van der Waals surface area contributed by atoms with E-state index in [0.29, 0.717) is 13.0 Å². The first-order chi connectivity index (χ1) is 33.1. The summed E-state index contributed by atoms with van der Waals surface area (Å²) < 4.78 is 59.3. The third-order valence-corrected chi connectivity index (χ3v) is 12.3. The molecule has 6 unspecified atom stereocenters. The third-order valence-electron chi connectivity index (χ3n) is 11.8. The van der Waals surface area contributed by atoms with Gasteiger partial charge in [-0.15, -0.1) is 0 Å². The van der Waals surface area contributed by atoms with Crippen molar-refractivity contribution >= 4 is 16.4 Å². The van der Waals surface area contributed by atoms with Crippen molar-refractivity contribution in [2.75, 3.05) is 26.4 Å². The van der Waals surface area contributed by atoms with Crippen LogP contribution in [0.2, 0.25) is 0 Å². The van der Waals surface area contributed by atoms with Gasteiger partial charge in [-0.05, 0) is 64.2 Å². The van der Waals surface area contributed by atoms with Crippen LogP contribution in [0.15, 0.2) is 72.9 Å². The van der Waals surface area contributed by atoms with Gasteiger partial charge in [0.15, 0.2) is 6.29 Å². The van der Waals surface area contributed by atoms with Crippen molar-refractivity contribution in [2.24, 2.45) is 0 Å². The number of carbonyl (C=O) groups is 1. The van der Waals surface area contributed by atoms with Crippen molar-refractivity contribution in [3.8, 4) is 0 Å². The highest BCUT2D eigenvalue weighted by molar-refractivity contribution is 7.80. The molecule has 0 aromatic carbocycles. The molecule has 1 rings (SSSR count). The molecule has 0 aromatic heterocycles. The zero-order chi connectivity index (χ0) is 49.6. The van der Waals surface area contributed by atoms with Crippen LogP contribution >= 0.6 is 0 Å². The van der Waals surface area contributed by atoms with Gasteiger partial charge in [-0.1, -0.05) is 209 Å². The molecule has 68 heavy (non-hydrogen) atoms. The number of aliphatic hydroxyl groups excluding tert-OH is 3. The van der Waals surface area contributed by atoms with Gasteiger partial charge in [0.25, 0.3) is 0 Å². The van der Waals surface area contributed by atoms with Gasteiger partial charge in [-0.25, -0.2) is 4.18 Å². The van der Waals surface area contributed by atoms with E-state index in [1.54, 1.807) is 0 Å². The van der Waals surface area contributed by atoms with E-state index in [0.717, 1.165) is 70.6 Å². The summed E-state index contributed by atoms with van der Waals surface area (Å²) in [7, 11) is -5.07. The molecule has 1 heterocycles. The van der Waals surface area contributed by atoms with Crippen LogP contribution in [0.3, 0.4) is 0 Å². The van der Waals surface area contributed by atoms with Gasteiger partial charge in [-0.2, -0.15) is 8.42 Å². The highest BCUT2D eigenvalue weighted by Crippen LogP contribution is 2.26. The predicted molar refractivity (Wildman–Crippen MR) is 276 cm³/mol. The van der Waals surface area contributed by atoms with Gasteiger partial charge < -0.3 is 34.3 Å². The molecule has 394 valence electrons. The minimum atomic E-state index is -5.07. The smallest absolute Gasteiger partial charge is 0.397 e. The number of hydrogen-bond acceptors (Lipinski definition) is 11. The molecule has 6 atom stereocenters. The number of esters is 1. The zero-order valence-electron chi connectivity index (χ0n) is 42.4. The summed E-state index contributed by atoms with van der Waals surface area (Å²) >= 11 is 0. The normalized spacial score (nSPS) is 19.9. The lowest BCUT2D eigenvalue weighted by atomic mass is 9.99. The minimum absolute atomic E-state index is 0.0171. The highest BCUT2D eigenvalue weighted by Gasteiger charge is 2.48. The molecule has 0 spiro atoms. The number of carbonyl (C=O) groups excluding carboxylic acids is 1. The number of hydrogen-bond donors (Lipinski definition) is 4. The molecule has 0 aromatic rings. The Kier molecular flexibility index (Phi) is 42.7. The maximum atomic E-state index is 12.9. The summed E-state index contributed by atoms with van der Waals surface area (Å²) in [5.41, 5.74) is 0. The maximum absolute atomic E-state index is 12.9. The van der Waals surface area contributed by atoms with Crippen molar-refractivity contribution in [1.29, 1.82) is 0 Å². The quantitative estimate of drug-likeness (QED) is 0.0197. The Morgan fingerprint density at radius 1 is 0.574 bits per heavy atom. The van der Waals surface area contributed by atoms with E-state index in [1.165, 1.54) is 109 Å². The first kappa shape index (κ1) is 63.6. The lowest BCUT2D eigenvalue weighted by Gasteiger charge is -2.41. The topological polar surface area (TPSA) is 178 Å². The lowest BCUT2D eigenvalue weighted by molar-refractivity contribution is -0.301. The molecule has 1 fully saturated rings. The van der Waals surface area contributed by atoms with E-state index < -0.39 is 59.8 Å². The molecule has 0 aliphatic carbocycles. The molecule has 0 bridgehead atoms. The van der Waals surface area contributed by atoms with Gasteiger partial charge in [0, 0.05) is 13.0 Å². The van der Waals surface area contributed by atoms with Gasteiger partial charge in [0.05, 0.1) is 19.8 Å². The van der Waals surface area contributed by atoms with Crippen molar-refractivity contribution in [3.63, 3.8) is 0 Å². The highest BCUT2D eigenvalue weighted by atomic mass is 32.3. The molecular weight excluding hydrogens is 885 g/mol. The molecule has 12 nitrogen and oxygen atoms in total. The number of aliphatic hydroxyl groups is 3. The summed E-state index contributed by atoms with van der Waals surface area (Å²) in [5.74, 6) is -0.440. The van der Waals surface area contributed by atoms with Crippen LogP contribution in [0.1, 0.15) is 206 Å². The number of ether oxygens (including phenoxy) is 4. The number of rotatable bonds is 46. The molecule has 1 aliphatic rings. The van der Waals surface area contributed by atoms with Crippen LogP contribution < -0.4 is 0 Å². The fourth-order valence-electron chi connectivity index (χ4n) is 7.85. The second kappa shape index (κ2) is 45.7. The van der Waals surface area contributed by atoms with Crippen molar-refractivity contribution in [2.45, 2.75) is 243 Å².